The number of carbonyl (C=O) groups excluding carboxylic acids is 1. The van der Waals surface area contributed by atoms with Gasteiger partial charge in [0.15, 0.2) is 0 Å². The highest BCUT2D eigenvalue weighted by Crippen LogP contribution is 2.19. The highest BCUT2D eigenvalue weighted by molar-refractivity contribution is 5.99. The fourth-order valence-corrected chi connectivity index (χ4v) is 2.02. The number of unbranched alkanes of at least 4 members (excludes halogenated alkanes) is 2. The maximum atomic E-state index is 12.0. The molecule has 0 saturated heterocycles. The van der Waals surface area contributed by atoms with Crippen LogP contribution in [0.25, 0.3) is 10.9 Å². The van der Waals surface area contributed by atoms with Crippen molar-refractivity contribution in [1.82, 2.24) is 10.3 Å². The lowest BCUT2D eigenvalue weighted by molar-refractivity contribution is 0.0948. The third-order valence-corrected chi connectivity index (χ3v) is 3.10. The van der Waals surface area contributed by atoms with Gasteiger partial charge in [0.2, 0.25) is 0 Å². The zero-order valence-corrected chi connectivity index (χ0v) is 11.3. The number of nitrogens with one attached hydrogen (secondary N) is 1. The molecule has 0 aliphatic carbocycles. The second kappa shape index (κ2) is 6.86. The summed E-state index contributed by atoms with van der Waals surface area (Å²) in [5, 5.41) is 12.3. The van der Waals surface area contributed by atoms with Gasteiger partial charge in [0.1, 0.15) is 5.69 Å². The van der Waals surface area contributed by atoms with Gasteiger partial charge >= 0.3 is 0 Å². The van der Waals surface area contributed by atoms with Gasteiger partial charge in [-0.3, -0.25) is 4.79 Å². The minimum Gasteiger partial charge on any atom is -0.398 e. The van der Waals surface area contributed by atoms with Gasteiger partial charge in [-0.25, -0.2) is 4.98 Å². The Bertz CT molecular complexity index is 599. The first-order chi connectivity index (χ1) is 9.72. The number of para-hydroxylation sites is 1. The Morgan fingerprint density at radius 2 is 2.05 bits per heavy atom. The monoisotopic (exact) mass is 273 g/mol. The molecule has 0 aliphatic heterocycles. The van der Waals surface area contributed by atoms with Crippen LogP contribution in [-0.4, -0.2) is 29.1 Å². The number of nitrogen functional groups attached to an aromatic ring is 1. The Kier molecular flexibility index (Phi) is 4.90. The average molecular weight is 273 g/mol. The molecule has 5 heteroatoms. The van der Waals surface area contributed by atoms with Crippen molar-refractivity contribution in [3.05, 3.63) is 36.0 Å². The number of aliphatic hydroxyl groups excluding tert-OH is 1. The Balaban J connectivity index is 2.03. The van der Waals surface area contributed by atoms with Crippen molar-refractivity contribution >= 4 is 22.5 Å². The van der Waals surface area contributed by atoms with Crippen molar-refractivity contribution in [2.75, 3.05) is 18.9 Å². The number of benzene rings is 1. The molecule has 106 valence electrons. The minimum absolute atomic E-state index is 0.191. The molecule has 4 N–H and O–H groups in total. The van der Waals surface area contributed by atoms with Crippen LogP contribution >= 0.6 is 0 Å². The molecule has 0 atom stereocenters. The molecule has 1 aromatic carbocycles. The summed E-state index contributed by atoms with van der Waals surface area (Å²) >= 11 is 0. The molecule has 0 bridgehead atoms. The van der Waals surface area contributed by atoms with E-state index in [0.29, 0.717) is 17.9 Å². The fourth-order valence-electron chi connectivity index (χ4n) is 2.02. The molecule has 5 nitrogen and oxygen atoms in total. The predicted molar refractivity (Wildman–Crippen MR) is 79.4 cm³/mol. The van der Waals surface area contributed by atoms with Gasteiger partial charge in [-0.15, -0.1) is 0 Å². The molecular weight excluding hydrogens is 254 g/mol. The summed E-state index contributed by atoms with van der Waals surface area (Å²) in [7, 11) is 0. The molecular formula is C15H19N3O2. The summed E-state index contributed by atoms with van der Waals surface area (Å²) in [5.74, 6) is -0.216. The number of amides is 1. The van der Waals surface area contributed by atoms with E-state index in [-0.39, 0.29) is 12.5 Å². The molecule has 0 spiro atoms. The lowest BCUT2D eigenvalue weighted by Gasteiger charge is -2.07. The van der Waals surface area contributed by atoms with Gasteiger partial charge in [-0.05, 0) is 31.4 Å². The molecule has 2 aromatic rings. The Labute approximate surface area is 117 Å². The molecule has 1 heterocycles. The van der Waals surface area contributed by atoms with E-state index in [4.69, 9.17) is 10.8 Å². The Morgan fingerprint density at radius 3 is 2.85 bits per heavy atom. The summed E-state index contributed by atoms with van der Waals surface area (Å²) in [5.41, 5.74) is 7.55. The SMILES string of the molecule is Nc1cc(C(=O)NCCCCCO)nc2ccccc12. The number of rotatable bonds is 6. The van der Waals surface area contributed by atoms with Crippen LogP contribution in [0.4, 0.5) is 5.69 Å². The lowest BCUT2D eigenvalue weighted by Crippen LogP contribution is -2.25. The Hall–Kier alpha value is -2.14. The minimum atomic E-state index is -0.216. The van der Waals surface area contributed by atoms with Crippen LogP contribution in [0.15, 0.2) is 30.3 Å². The van der Waals surface area contributed by atoms with Gasteiger partial charge in [0, 0.05) is 24.2 Å². The van der Waals surface area contributed by atoms with E-state index in [1.54, 1.807) is 6.07 Å². The maximum absolute atomic E-state index is 12.0. The van der Waals surface area contributed by atoms with Crippen molar-refractivity contribution < 1.29 is 9.90 Å². The molecule has 0 saturated carbocycles. The van der Waals surface area contributed by atoms with Crippen LogP contribution in [0.3, 0.4) is 0 Å². The number of anilines is 1. The Morgan fingerprint density at radius 1 is 1.25 bits per heavy atom. The summed E-state index contributed by atoms with van der Waals surface area (Å²) in [6, 6.07) is 9.08. The van der Waals surface area contributed by atoms with Crippen molar-refractivity contribution in [1.29, 1.82) is 0 Å². The molecule has 20 heavy (non-hydrogen) atoms. The van der Waals surface area contributed by atoms with Crippen molar-refractivity contribution in [2.45, 2.75) is 19.3 Å². The molecule has 0 unspecified atom stereocenters. The van der Waals surface area contributed by atoms with Crippen LogP contribution in [0.5, 0.6) is 0 Å². The smallest absolute Gasteiger partial charge is 0.269 e. The van der Waals surface area contributed by atoms with E-state index in [1.807, 2.05) is 24.3 Å². The third kappa shape index (κ3) is 3.45. The predicted octanol–water partition coefficient (Wildman–Crippen LogP) is 1.71. The molecule has 0 radical (unpaired) electrons. The molecule has 1 aromatic heterocycles. The first-order valence-electron chi connectivity index (χ1n) is 6.76. The number of hydrogen-bond acceptors (Lipinski definition) is 4. The standard InChI is InChI=1S/C15H19N3O2/c16-12-10-14(15(20)17-8-4-1-5-9-19)18-13-7-3-2-6-11(12)13/h2-3,6-7,10,19H,1,4-5,8-9H2,(H2,16,18)(H,17,20). The van der Waals surface area contributed by atoms with Crippen LogP contribution in [-0.2, 0) is 0 Å². The molecule has 2 rings (SSSR count). The molecule has 0 fully saturated rings. The van der Waals surface area contributed by atoms with Crippen molar-refractivity contribution in [2.24, 2.45) is 0 Å². The van der Waals surface area contributed by atoms with Crippen molar-refractivity contribution in [3.8, 4) is 0 Å². The quantitative estimate of drug-likeness (QED) is 0.699. The van der Waals surface area contributed by atoms with E-state index < -0.39 is 0 Å². The van der Waals surface area contributed by atoms with Gasteiger partial charge < -0.3 is 16.2 Å². The van der Waals surface area contributed by atoms with E-state index in [2.05, 4.69) is 10.3 Å². The second-order valence-corrected chi connectivity index (χ2v) is 4.65. The summed E-state index contributed by atoms with van der Waals surface area (Å²) in [4.78, 5) is 16.3. The summed E-state index contributed by atoms with van der Waals surface area (Å²) in [6.45, 7) is 0.768. The third-order valence-electron chi connectivity index (χ3n) is 3.10. The summed E-state index contributed by atoms with van der Waals surface area (Å²) in [6.07, 6.45) is 2.50. The van der Waals surface area contributed by atoms with Gasteiger partial charge in [0.25, 0.3) is 5.91 Å². The van der Waals surface area contributed by atoms with Gasteiger partial charge in [-0.1, -0.05) is 18.2 Å². The zero-order valence-electron chi connectivity index (χ0n) is 11.3. The van der Waals surface area contributed by atoms with E-state index in [0.717, 1.165) is 30.2 Å². The highest BCUT2D eigenvalue weighted by atomic mass is 16.2. The highest BCUT2D eigenvalue weighted by Gasteiger charge is 2.09. The van der Waals surface area contributed by atoms with Crippen LogP contribution < -0.4 is 11.1 Å². The maximum Gasteiger partial charge on any atom is 0.269 e. The number of aromatic nitrogens is 1. The van der Waals surface area contributed by atoms with Gasteiger partial charge in [-0.2, -0.15) is 0 Å². The number of carbonyl (C=O) groups is 1. The second-order valence-electron chi connectivity index (χ2n) is 4.65. The molecule has 1 amide bonds. The van der Waals surface area contributed by atoms with Crippen LogP contribution in [0.2, 0.25) is 0 Å². The number of nitrogens with two attached hydrogens (primary N) is 1. The normalized spacial score (nSPS) is 10.7. The van der Waals surface area contributed by atoms with E-state index in [9.17, 15) is 4.79 Å². The van der Waals surface area contributed by atoms with E-state index in [1.165, 1.54) is 0 Å². The van der Waals surface area contributed by atoms with Gasteiger partial charge in [0.05, 0.1) is 5.52 Å². The lowest BCUT2D eigenvalue weighted by atomic mass is 10.1. The number of aliphatic hydroxyl groups is 1. The number of hydrogen-bond donors (Lipinski definition) is 3. The topological polar surface area (TPSA) is 88.2 Å². The number of nitrogens with zero attached hydrogens (tertiary/aromatic N) is 1. The first-order valence-corrected chi connectivity index (χ1v) is 6.76. The molecule has 0 aliphatic rings. The van der Waals surface area contributed by atoms with Crippen LogP contribution in [0, 0.1) is 0 Å². The largest absolute Gasteiger partial charge is 0.398 e. The number of pyridine rings is 1. The first kappa shape index (κ1) is 14.3. The zero-order chi connectivity index (χ0) is 14.4. The average Bonchev–Trinajstić information content (AvgIpc) is 2.47. The summed E-state index contributed by atoms with van der Waals surface area (Å²) < 4.78 is 0. The van der Waals surface area contributed by atoms with Crippen molar-refractivity contribution in [3.63, 3.8) is 0 Å². The fraction of sp³-hybridized carbons (Fsp3) is 0.333. The number of fused-ring (bicyclic) bond motifs is 1. The van der Waals surface area contributed by atoms with E-state index >= 15 is 0 Å². The van der Waals surface area contributed by atoms with Crippen LogP contribution in [0.1, 0.15) is 29.8 Å².